The van der Waals surface area contributed by atoms with Crippen LogP contribution in [0.25, 0.3) is 0 Å². The highest BCUT2D eigenvalue weighted by Crippen LogP contribution is 2.29. The predicted molar refractivity (Wildman–Crippen MR) is 93.6 cm³/mol. The smallest absolute Gasteiger partial charge is 0.267 e. The molecule has 0 unspecified atom stereocenters. The second kappa shape index (κ2) is 7.68. The molecule has 0 aliphatic rings. The van der Waals surface area contributed by atoms with Crippen molar-refractivity contribution in [2.24, 2.45) is 0 Å². The summed E-state index contributed by atoms with van der Waals surface area (Å²) in [7, 11) is 0. The summed E-state index contributed by atoms with van der Waals surface area (Å²) in [5, 5.41) is 15.2. The Morgan fingerprint density at radius 2 is 1.83 bits per heavy atom. The minimum atomic E-state index is -0.572. The van der Waals surface area contributed by atoms with Crippen molar-refractivity contribution in [3.8, 4) is 6.07 Å². The molecule has 0 aromatic heterocycles. The quantitative estimate of drug-likeness (QED) is 0.620. The molecule has 2 aromatic rings. The molecular weight excluding hydrogens is 333 g/mol. The normalized spacial score (nSPS) is 10.8. The van der Waals surface area contributed by atoms with Gasteiger partial charge in [0.15, 0.2) is 0 Å². The van der Waals surface area contributed by atoms with E-state index in [1.165, 1.54) is 6.20 Å². The Morgan fingerprint density at radius 3 is 2.52 bits per heavy atom. The van der Waals surface area contributed by atoms with Gasteiger partial charge in [0.05, 0.1) is 15.7 Å². The van der Waals surface area contributed by atoms with E-state index in [1.54, 1.807) is 18.2 Å². The van der Waals surface area contributed by atoms with Crippen LogP contribution in [0.2, 0.25) is 10.0 Å². The lowest BCUT2D eigenvalue weighted by atomic mass is 10.2. The Bertz CT molecular complexity index is 810. The summed E-state index contributed by atoms with van der Waals surface area (Å²) in [5.74, 6) is -0.572. The molecule has 0 atom stereocenters. The number of anilines is 2. The maximum absolute atomic E-state index is 12.2. The standard InChI is InChI=1S/C17H13Cl2N3O/c1-11-5-2-3-7-14(11)21-10-12(9-20)17(23)22-15-8-4-6-13(18)16(15)19/h2-8,10,21H,1H3,(H,22,23)/b12-10-. The lowest BCUT2D eigenvalue weighted by Gasteiger charge is -2.08. The first kappa shape index (κ1) is 16.9. The third-order valence-corrected chi connectivity index (χ3v) is 3.90. The van der Waals surface area contributed by atoms with Crippen molar-refractivity contribution < 1.29 is 4.79 Å². The van der Waals surface area contributed by atoms with Crippen LogP contribution in [0, 0.1) is 18.3 Å². The van der Waals surface area contributed by atoms with Gasteiger partial charge < -0.3 is 10.6 Å². The third kappa shape index (κ3) is 4.26. The molecule has 0 saturated heterocycles. The fourth-order valence-electron chi connectivity index (χ4n) is 1.82. The van der Waals surface area contributed by atoms with Gasteiger partial charge in [0.2, 0.25) is 0 Å². The van der Waals surface area contributed by atoms with E-state index in [9.17, 15) is 4.79 Å². The van der Waals surface area contributed by atoms with Crippen molar-refractivity contribution in [1.82, 2.24) is 0 Å². The molecule has 4 nitrogen and oxygen atoms in total. The van der Waals surface area contributed by atoms with E-state index in [2.05, 4.69) is 10.6 Å². The van der Waals surface area contributed by atoms with Gasteiger partial charge >= 0.3 is 0 Å². The number of hydrogen-bond donors (Lipinski definition) is 2. The van der Waals surface area contributed by atoms with Crippen molar-refractivity contribution >= 4 is 40.5 Å². The highest BCUT2D eigenvalue weighted by atomic mass is 35.5. The Kier molecular flexibility index (Phi) is 5.64. The molecule has 6 heteroatoms. The molecule has 0 spiro atoms. The van der Waals surface area contributed by atoms with Crippen LogP contribution in [0.3, 0.4) is 0 Å². The van der Waals surface area contributed by atoms with E-state index in [4.69, 9.17) is 28.5 Å². The number of carbonyl (C=O) groups excluding carboxylic acids is 1. The molecule has 1 amide bonds. The lowest BCUT2D eigenvalue weighted by molar-refractivity contribution is -0.112. The van der Waals surface area contributed by atoms with Gasteiger partial charge in [-0.3, -0.25) is 4.79 Å². The molecule has 0 aliphatic heterocycles. The Balaban J connectivity index is 2.16. The molecule has 0 bridgehead atoms. The average Bonchev–Trinajstić information content (AvgIpc) is 2.54. The highest BCUT2D eigenvalue weighted by molar-refractivity contribution is 6.44. The lowest BCUT2D eigenvalue weighted by Crippen LogP contribution is -2.15. The highest BCUT2D eigenvalue weighted by Gasteiger charge is 2.12. The molecule has 0 radical (unpaired) electrons. The van der Waals surface area contributed by atoms with E-state index in [-0.39, 0.29) is 10.6 Å². The zero-order valence-electron chi connectivity index (χ0n) is 12.2. The number of para-hydroxylation sites is 1. The van der Waals surface area contributed by atoms with Gasteiger partial charge in [0, 0.05) is 11.9 Å². The molecule has 0 aliphatic carbocycles. The van der Waals surface area contributed by atoms with Crippen LogP contribution < -0.4 is 10.6 Å². The van der Waals surface area contributed by atoms with Crippen molar-refractivity contribution in [2.45, 2.75) is 6.92 Å². The topological polar surface area (TPSA) is 64.9 Å². The summed E-state index contributed by atoms with van der Waals surface area (Å²) in [5.41, 5.74) is 2.08. The van der Waals surface area contributed by atoms with Gasteiger partial charge in [0.25, 0.3) is 5.91 Å². The summed E-state index contributed by atoms with van der Waals surface area (Å²) in [6, 6.07) is 14.3. The van der Waals surface area contributed by atoms with Crippen LogP contribution >= 0.6 is 23.2 Å². The van der Waals surface area contributed by atoms with E-state index >= 15 is 0 Å². The van der Waals surface area contributed by atoms with Crippen molar-refractivity contribution in [3.63, 3.8) is 0 Å². The van der Waals surface area contributed by atoms with Gasteiger partial charge in [-0.05, 0) is 30.7 Å². The summed E-state index contributed by atoms with van der Waals surface area (Å²) in [6.07, 6.45) is 1.36. The van der Waals surface area contributed by atoms with E-state index in [1.807, 2.05) is 37.3 Å². The molecule has 2 N–H and O–H groups in total. The number of nitrogens with zero attached hydrogens (tertiary/aromatic N) is 1. The first-order valence-electron chi connectivity index (χ1n) is 6.70. The fraction of sp³-hybridized carbons (Fsp3) is 0.0588. The van der Waals surface area contributed by atoms with Crippen LogP contribution in [0.4, 0.5) is 11.4 Å². The number of nitriles is 1. The Labute approximate surface area is 144 Å². The fourth-order valence-corrected chi connectivity index (χ4v) is 2.17. The second-order valence-electron chi connectivity index (χ2n) is 4.68. The molecule has 23 heavy (non-hydrogen) atoms. The molecule has 0 saturated carbocycles. The second-order valence-corrected chi connectivity index (χ2v) is 5.47. The van der Waals surface area contributed by atoms with Crippen LogP contribution in [-0.2, 0) is 4.79 Å². The van der Waals surface area contributed by atoms with E-state index in [0.717, 1.165) is 11.3 Å². The predicted octanol–water partition coefficient (Wildman–Crippen LogP) is 4.76. The summed E-state index contributed by atoms with van der Waals surface area (Å²) in [4.78, 5) is 12.2. The van der Waals surface area contributed by atoms with Gasteiger partial charge in [0.1, 0.15) is 11.6 Å². The van der Waals surface area contributed by atoms with Crippen LogP contribution in [0.5, 0.6) is 0 Å². The SMILES string of the molecule is Cc1ccccc1N/C=C(/C#N)C(=O)Nc1cccc(Cl)c1Cl. The molecule has 116 valence electrons. The Morgan fingerprint density at radius 1 is 1.13 bits per heavy atom. The average molecular weight is 346 g/mol. The number of carbonyl (C=O) groups is 1. The van der Waals surface area contributed by atoms with Crippen LogP contribution in [-0.4, -0.2) is 5.91 Å². The number of aryl methyl sites for hydroxylation is 1. The third-order valence-electron chi connectivity index (χ3n) is 3.08. The number of hydrogen-bond acceptors (Lipinski definition) is 3. The first-order chi connectivity index (χ1) is 11.0. The van der Waals surface area contributed by atoms with Gasteiger partial charge in [-0.15, -0.1) is 0 Å². The molecule has 0 heterocycles. The van der Waals surface area contributed by atoms with Crippen LogP contribution in [0.15, 0.2) is 54.2 Å². The first-order valence-corrected chi connectivity index (χ1v) is 7.46. The van der Waals surface area contributed by atoms with Crippen molar-refractivity contribution in [3.05, 3.63) is 69.8 Å². The van der Waals surface area contributed by atoms with Gasteiger partial charge in [-0.25, -0.2) is 0 Å². The van der Waals surface area contributed by atoms with E-state index in [0.29, 0.717) is 10.7 Å². The van der Waals surface area contributed by atoms with Crippen molar-refractivity contribution in [2.75, 3.05) is 10.6 Å². The molecule has 2 rings (SSSR count). The maximum atomic E-state index is 12.2. The largest absolute Gasteiger partial charge is 0.360 e. The minimum absolute atomic E-state index is 0.0794. The van der Waals surface area contributed by atoms with Gasteiger partial charge in [-0.2, -0.15) is 5.26 Å². The monoisotopic (exact) mass is 345 g/mol. The summed E-state index contributed by atoms with van der Waals surface area (Å²) in [6.45, 7) is 1.92. The van der Waals surface area contributed by atoms with E-state index < -0.39 is 5.91 Å². The number of benzene rings is 2. The van der Waals surface area contributed by atoms with Crippen molar-refractivity contribution in [1.29, 1.82) is 5.26 Å². The number of rotatable bonds is 4. The molecule has 2 aromatic carbocycles. The maximum Gasteiger partial charge on any atom is 0.267 e. The summed E-state index contributed by atoms with van der Waals surface area (Å²) >= 11 is 11.9. The molecular formula is C17H13Cl2N3O. The minimum Gasteiger partial charge on any atom is -0.360 e. The number of amides is 1. The number of nitrogens with one attached hydrogen (secondary N) is 2. The van der Waals surface area contributed by atoms with Gasteiger partial charge in [-0.1, -0.05) is 47.5 Å². The van der Waals surface area contributed by atoms with Crippen LogP contribution in [0.1, 0.15) is 5.56 Å². The molecule has 0 fully saturated rings. The Hall–Kier alpha value is -2.48. The zero-order chi connectivity index (χ0) is 16.8. The summed E-state index contributed by atoms with van der Waals surface area (Å²) < 4.78 is 0. The number of halogens is 2. The zero-order valence-corrected chi connectivity index (χ0v) is 13.7.